The van der Waals surface area contributed by atoms with E-state index >= 15 is 0 Å². The lowest BCUT2D eigenvalue weighted by atomic mass is 9.89. The van der Waals surface area contributed by atoms with Gasteiger partial charge in [0.2, 0.25) is 0 Å². The number of fused-ring (bicyclic) bond motifs is 1. The maximum absolute atomic E-state index is 14.2. The maximum Gasteiger partial charge on any atom is 0.407 e. The topological polar surface area (TPSA) is 84.1 Å². The van der Waals surface area contributed by atoms with E-state index in [1.807, 2.05) is 18.2 Å². The molecule has 1 atom stereocenters. The van der Waals surface area contributed by atoms with Crippen molar-refractivity contribution in [3.63, 3.8) is 0 Å². The van der Waals surface area contributed by atoms with E-state index < -0.39 is 29.2 Å². The summed E-state index contributed by atoms with van der Waals surface area (Å²) >= 11 is 0. The number of amides is 1. The molecule has 6 nitrogen and oxygen atoms in total. The number of H-pyrrole nitrogens is 1. The van der Waals surface area contributed by atoms with Gasteiger partial charge in [0.1, 0.15) is 17.2 Å². The Labute approximate surface area is 201 Å². The highest BCUT2D eigenvalue weighted by molar-refractivity contribution is 5.87. The predicted molar refractivity (Wildman–Crippen MR) is 130 cm³/mol. The smallest absolute Gasteiger partial charge is 0.407 e. The van der Waals surface area contributed by atoms with Gasteiger partial charge in [0.15, 0.2) is 0 Å². The molecule has 0 saturated carbocycles. The standard InChI is InChI=1S/C27H25F2N3O3/c1-27(2,3)35-26(34)32-15-23(18-11-19(28)14-20(29)12-18)24-21(5-4-9-30-24)17-7-6-16-8-10-31-25(33)22(16)13-17/h4-14,23H,15H2,1-3H3,(H,31,33)(H,32,34)/t23-/m1/s1. The van der Waals surface area contributed by atoms with Crippen LogP contribution >= 0.6 is 0 Å². The molecule has 1 amide bonds. The lowest BCUT2D eigenvalue weighted by Crippen LogP contribution is -2.35. The van der Waals surface area contributed by atoms with Gasteiger partial charge in [-0.25, -0.2) is 13.6 Å². The normalized spacial score (nSPS) is 12.4. The summed E-state index contributed by atoms with van der Waals surface area (Å²) in [5, 5.41) is 3.97. The minimum absolute atomic E-state index is 0.0179. The van der Waals surface area contributed by atoms with E-state index in [1.54, 1.807) is 51.4 Å². The van der Waals surface area contributed by atoms with Crippen LogP contribution in [0, 0.1) is 11.6 Å². The summed E-state index contributed by atoms with van der Waals surface area (Å²) in [5.74, 6) is -2.18. The summed E-state index contributed by atoms with van der Waals surface area (Å²) in [7, 11) is 0. The number of nitrogens with one attached hydrogen (secondary N) is 2. The first-order valence-corrected chi connectivity index (χ1v) is 11.1. The second kappa shape index (κ2) is 9.66. The maximum atomic E-state index is 14.2. The van der Waals surface area contributed by atoms with Crippen LogP contribution in [0.3, 0.4) is 0 Å². The number of benzene rings is 2. The van der Waals surface area contributed by atoms with Crippen molar-refractivity contribution in [3.8, 4) is 11.1 Å². The molecule has 0 aliphatic rings. The molecule has 2 N–H and O–H groups in total. The van der Waals surface area contributed by atoms with Crippen LogP contribution in [0.5, 0.6) is 0 Å². The molecule has 0 fully saturated rings. The fourth-order valence-corrected chi connectivity index (χ4v) is 3.94. The van der Waals surface area contributed by atoms with Gasteiger partial charge in [-0.05, 0) is 67.6 Å². The lowest BCUT2D eigenvalue weighted by molar-refractivity contribution is 0.0526. The van der Waals surface area contributed by atoms with Crippen molar-refractivity contribution < 1.29 is 18.3 Å². The average Bonchev–Trinajstić information content (AvgIpc) is 2.78. The SMILES string of the molecule is CC(C)(C)OC(=O)NC[C@H](c1cc(F)cc(F)c1)c1ncccc1-c1ccc2cc[nH]c(=O)c2c1. The third kappa shape index (κ3) is 5.71. The predicted octanol–water partition coefficient (Wildman–Crippen LogP) is 5.52. The van der Waals surface area contributed by atoms with Crippen molar-refractivity contribution in [2.45, 2.75) is 32.3 Å². The summed E-state index contributed by atoms with van der Waals surface area (Å²) in [4.78, 5) is 31.9. The number of aromatic amines is 1. The van der Waals surface area contributed by atoms with Gasteiger partial charge in [-0.2, -0.15) is 0 Å². The van der Waals surface area contributed by atoms with Crippen molar-refractivity contribution in [1.82, 2.24) is 15.3 Å². The van der Waals surface area contributed by atoms with Gasteiger partial charge in [0.05, 0.1) is 5.69 Å². The van der Waals surface area contributed by atoms with Crippen molar-refractivity contribution in [3.05, 3.63) is 100 Å². The number of hydrogen-bond acceptors (Lipinski definition) is 4. The van der Waals surface area contributed by atoms with E-state index in [2.05, 4.69) is 15.3 Å². The minimum Gasteiger partial charge on any atom is -0.444 e. The van der Waals surface area contributed by atoms with Crippen LogP contribution in [0.2, 0.25) is 0 Å². The second-order valence-electron chi connectivity index (χ2n) is 9.18. The molecule has 0 aliphatic heterocycles. The van der Waals surface area contributed by atoms with Crippen LogP contribution in [0.15, 0.2) is 71.8 Å². The van der Waals surface area contributed by atoms with Gasteiger partial charge in [0, 0.05) is 41.9 Å². The highest BCUT2D eigenvalue weighted by Crippen LogP contribution is 2.33. The Kier molecular flexibility index (Phi) is 6.64. The van der Waals surface area contributed by atoms with E-state index in [1.165, 1.54) is 12.1 Å². The summed E-state index contributed by atoms with van der Waals surface area (Å²) < 4.78 is 33.6. The molecule has 0 aliphatic carbocycles. The average molecular weight is 478 g/mol. The lowest BCUT2D eigenvalue weighted by Gasteiger charge is -2.23. The Bertz CT molecular complexity index is 1420. The zero-order valence-electron chi connectivity index (χ0n) is 19.6. The van der Waals surface area contributed by atoms with Gasteiger partial charge in [0.25, 0.3) is 5.56 Å². The summed E-state index contributed by atoms with van der Waals surface area (Å²) in [5.41, 5.74) is 1.22. The van der Waals surface area contributed by atoms with Crippen LogP contribution in [-0.2, 0) is 4.74 Å². The van der Waals surface area contributed by atoms with E-state index in [4.69, 9.17) is 4.74 Å². The Morgan fingerprint density at radius 3 is 2.54 bits per heavy atom. The molecule has 0 radical (unpaired) electrons. The van der Waals surface area contributed by atoms with Gasteiger partial charge in [-0.1, -0.05) is 18.2 Å². The summed E-state index contributed by atoms with van der Waals surface area (Å²) in [6, 6.07) is 14.0. The van der Waals surface area contributed by atoms with E-state index in [0.29, 0.717) is 27.8 Å². The zero-order valence-corrected chi connectivity index (χ0v) is 19.6. The second-order valence-corrected chi connectivity index (χ2v) is 9.18. The number of ether oxygens (including phenoxy) is 1. The van der Waals surface area contributed by atoms with Gasteiger partial charge < -0.3 is 15.0 Å². The molecule has 0 saturated heterocycles. The first-order chi connectivity index (χ1) is 16.6. The molecule has 2 aromatic carbocycles. The molecule has 0 bridgehead atoms. The molecule has 0 unspecified atom stereocenters. The number of carbonyl (C=O) groups is 1. The van der Waals surface area contributed by atoms with Gasteiger partial charge in [-0.15, -0.1) is 0 Å². The molecule has 2 aromatic heterocycles. The number of pyridine rings is 2. The molecule has 35 heavy (non-hydrogen) atoms. The molecular weight excluding hydrogens is 452 g/mol. The summed E-state index contributed by atoms with van der Waals surface area (Å²) in [6.07, 6.45) is 2.49. The molecule has 4 aromatic rings. The van der Waals surface area contributed by atoms with Crippen LogP contribution in [0.4, 0.5) is 13.6 Å². The van der Waals surface area contributed by atoms with E-state index in [0.717, 1.165) is 11.5 Å². The van der Waals surface area contributed by atoms with Crippen LogP contribution in [-0.4, -0.2) is 28.2 Å². The Morgan fingerprint density at radius 2 is 1.83 bits per heavy atom. The zero-order chi connectivity index (χ0) is 25.2. The van der Waals surface area contributed by atoms with E-state index in [9.17, 15) is 18.4 Å². The Hall–Kier alpha value is -4.07. The third-order valence-electron chi connectivity index (χ3n) is 5.39. The number of carbonyl (C=O) groups excluding carboxylic acids is 1. The fraction of sp³-hybridized carbons (Fsp3) is 0.222. The molecule has 2 heterocycles. The molecule has 180 valence electrons. The molecular formula is C27H25F2N3O3. The number of rotatable bonds is 5. The molecule has 0 spiro atoms. The number of halogens is 2. The monoisotopic (exact) mass is 477 g/mol. The largest absolute Gasteiger partial charge is 0.444 e. The van der Waals surface area contributed by atoms with Gasteiger partial charge in [-0.3, -0.25) is 9.78 Å². The Balaban J connectivity index is 1.80. The number of alkyl carbamates (subject to hydrolysis) is 1. The number of hydrogen-bond donors (Lipinski definition) is 2. The molecule has 8 heteroatoms. The highest BCUT2D eigenvalue weighted by atomic mass is 19.1. The molecule has 4 rings (SSSR count). The van der Waals surface area contributed by atoms with Crippen LogP contribution in [0.1, 0.15) is 37.9 Å². The van der Waals surface area contributed by atoms with Crippen molar-refractivity contribution in [2.75, 3.05) is 6.54 Å². The number of aromatic nitrogens is 2. The fourth-order valence-electron chi connectivity index (χ4n) is 3.94. The first kappa shape index (κ1) is 24.1. The minimum atomic E-state index is -0.739. The number of nitrogens with zero attached hydrogens (tertiary/aromatic N) is 1. The van der Waals surface area contributed by atoms with Gasteiger partial charge >= 0.3 is 6.09 Å². The quantitative estimate of drug-likeness (QED) is 0.396. The highest BCUT2D eigenvalue weighted by Gasteiger charge is 2.24. The van der Waals surface area contributed by atoms with Crippen LogP contribution < -0.4 is 10.9 Å². The van der Waals surface area contributed by atoms with Crippen molar-refractivity contribution >= 4 is 16.9 Å². The first-order valence-electron chi connectivity index (χ1n) is 11.1. The third-order valence-corrected chi connectivity index (χ3v) is 5.39. The summed E-state index contributed by atoms with van der Waals surface area (Å²) in [6.45, 7) is 5.20. The Morgan fingerprint density at radius 1 is 1.09 bits per heavy atom. The van der Waals surface area contributed by atoms with Crippen molar-refractivity contribution in [1.29, 1.82) is 0 Å². The van der Waals surface area contributed by atoms with Crippen molar-refractivity contribution in [2.24, 2.45) is 0 Å². The van der Waals surface area contributed by atoms with E-state index in [-0.39, 0.29) is 12.1 Å². The van der Waals surface area contributed by atoms with Crippen LogP contribution in [0.25, 0.3) is 21.9 Å².